The van der Waals surface area contributed by atoms with Gasteiger partial charge in [-0.1, -0.05) is 59.3 Å². The molecule has 0 spiro atoms. The second-order valence-electron chi connectivity index (χ2n) is 4.89. The number of hydrogen-bond acceptors (Lipinski definition) is 4. The van der Waals surface area contributed by atoms with Crippen LogP contribution in [0, 0.1) is 0 Å². The molecule has 0 aromatic carbocycles. The maximum Gasteiger partial charge on any atom is 0.540 e. The van der Waals surface area contributed by atoms with Crippen molar-refractivity contribution in [3.63, 3.8) is 0 Å². The van der Waals surface area contributed by atoms with Crippen LogP contribution in [-0.4, -0.2) is 42.8 Å². The maximum atomic E-state index is 11.3. The third-order valence-electron chi connectivity index (χ3n) is 2.98. The fourth-order valence-electron chi connectivity index (χ4n) is 1.74. The van der Waals surface area contributed by atoms with Crippen LogP contribution in [-0.2, 0) is 14.5 Å². The van der Waals surface area contributed by atoms with Gasteiger partial charge >= 0.3 is 6.16 Å². The molecule has 0 amide bonds. The van der Waals surface area contributed by atoms with Crippen LogP contribution in [0.1, 0.15) is 78.6 Å². The predicted molar refractivity (Wildman–Crippen MR) is 81.6 cm³/mol. The van der Waals surface area contributed by atoms with Crippen LogP contribution in [0.15, 0.2) is 0 Å². The van der Waals surface area contributed by atoms with E-state index in [4.69, 9.17) is 14.5 Å². The Morgan fingerprint density at radius 2 is 1.45 bits per heavy atom. The summed E-state index contributed by atoms with van der Waals surface area (Å²) in [5, 5.41) is 0. The first-order valence-electron chi connectivity index (χ1n) is 7.74. The third-order valence-corrected chi connectivity index (χ3v) is 2.98. The van der Waals surface area contributed by atoms with Crippen LogP contribution < -0.4 is 0 Å². The van der Waals surface area contributed by atoms with Crippen molar-refractivity contribution in [1.29, 1.82) is 0 Å². The van der Waals surface area contributed by atoms with E-state index in [9.17, 15) is 4.79 Å². The summed E-state index contributed by atoms with van der Waals surface area (Å²) in [7, 11) is 0. The van der Waals surface area contributed by atoms with Crippen LogP contribution in [0.4, 0.5) is 4.79 Å². The fourth-order valence-corrected chi connectivity index (χ4v) is 1.74. The molecule has 20 heavy (non-hydrogen) atoms. The van der Waals surface area contributed by atoms with Gasteiger partial charge in [0.2, 0.25) is 0 Å². The molecule has 0 aliphatic heterocycles. The molecule has 0 fully saturated rings. The second-order valence-corrected chi connectivity index (χ2v) is 4.89. The molecular weight excluding hydrogens is 363 g/mol. The molecule has 0 aromatic rings. The summed E-state index contributed by atoms with van der Waals surface area (Å²) in [5.41, 5.74) is 0. The standard InChI is InChI=1S/C15H30O4.Sn/c1-4-7-10-13-17-15(16)19-18-14(11-8-5-2)12-9-6-3;/h14H,4-13H2,1-3H3;. The summed E-state index contributed by atoms with van der Waals surface area (Å²) < 4.78 is 4.92. The Kier molecular flexibility index (Phi) is 19.1. The zero-order chi connectivity index (χ0) is 14.3. The van der Waals surface area contributed by atoms with Crippen molar-refractivity contribution in [3.8, 4) is 0 Å². The molecule has 0 bridgehead atoms. The molecule has 0 heterocycles. The van der Waals surface area contributed by atoms with Crippen LogP contribution >= 0.6 is 0 Å². The smallest absolute Gasteiger partial charge is 0.432 e. The molecule has 0 saturated carbocycles. The average molecular weight is 393 g/mol. The molecule has 0 rings (SSSR count). The molecule has 0 aliphatic rings. The van der Waals surface area contributed by atoms with Gasteiger partial charge < -0.3 is 4.74 Å². The minimum absolute atomic E-state index is 0. The van der Waals surface area contributed by atoms with E-state index >= 15 is 0 Å². The largest absolute Gasteiger partial charge is 0.540 e. The number of carbonyl (C=O) groups is 1. The van der Waals surface area contributed by atoms with Crippen LogP contribution in [0.5, 0.6) is 0 Å². The van der Waals surface area contributed by atoms with Gasteiger partial charge in [-0.15, -0.1) is 0 Å². The molecule has 0 N–H and O–H groups in total. The second kappa shape index (κ2) is 17.1. The molecule has 0 atom stereocenters. The number of rotatable bonds is 12. The van der Waals surface area contributed by atoms with Gasteiger partial charge in [0, 0.05) is 23.9 Å². The topological polar surface area (TPSA) is 44.8 Å². The Labute approximate surface area is 140 Å². The summed E-state index contributed by atoms with van der Waals surface area (Å²) in [5.74, 6) is 0. The summed E-state index contributed by atoms with van der Waals surface area (Å²) in [6.45, 7) is 6.79. The van der Waals surface area contributed by atoms with Crippen molar-refractivity contribution in [2.75, 3.05) is 6.61 Å². The van der Waals surface area contributed by atoms with Gasteiger partial charge in [0.1, 0.15) is 6.10 Å². The van der Waals surface area contributed by atoms with Gasteiger partial charge in [-0.25, -0.2) is 4.79 Å². The van der Waals surface area contributed by atoms with Crippen molar-refractivity contribution in [2.45, 2.75) is 84.7 Å². The first-order valence-corrected chi connectivity index (χ1v) is 7.74. The monoisotopic (exact) mass is 394 g/mol. The number of carbonyl (C=O) groups excluding carboxylic acids is 1. The normalized spacial score (nSPS) is 10.2. The van der Waals surface area contributed by atoms with Gasteiger partial charge in [-0.05, 0) is 19.3 Å². The van der Waals surface area contributed by atoms with Crippen molar-refractivity contribution >= 4 is 30.1 Å². The third kappa shape index (κ3) is 14.4. The van der Waals surface area contributed by atoms with Crippen LogP contribution in [0.25, 0.3) is 0 Å². The Morgan fingerprint density at radius 3 is 1.95 bits per heavy atom. The zero-order valence-electron chi connectivity index (χ0n) is 13.3. The van der Waals surface area contributed by atoms with E-state index in [0.29, 0.717) is 6.61 Å². The minimum atomic E-state index is -0.714. The van der Waals surface area contributed by atoms with E-state index in [2.05, 4.69) is 20.8 Å². The van der Waals surface area contributed by atoms with Crippen LogP contribution in [0.2, 0.25) is 0 Å². The Morgan fingerprint density at radius 1 is 0.900 bits per heavy atom. The molecule has 4 radical (unpaired) electrons. The Bertz CT molecular complexity index is 204. The minimum Gasteiger partial charge on any atom is -0.432 e. The van der Waals surface area contributed by atoms with Gasteiger partial charge in [0.15, 0.2) is 0 Å². The zero-order valence-corrected chi connectivity index (χ0v) is 16.1. The Hall–Kier alpha value is 0.0287. The van der Waals surface area contributed by atoms with E-state index in [0.717, 1.165) is 57.8 Å². The van der Waals surface area contributed by atoms with Gasteiger partial charge in [0.05, 0.1) is 6.61 Å². The molecular formula is C15H30O4Sn. The first-order chi connectivity index (χ1) is 9.24. The number of hydrogen-bond donors (Lipinski definition) is 0. The first kappa shape index (κ1) is 22.3. The van der Waals surface area contributed by atoms with Crippen molar-refractivity contribution in [1.82, 2.24) is 0 Å². The SMILES string of the molecule is CCCCCOC(=O)OOC(CCCC)CCCC.[Sn]. The van der Waals surface area contributed by atoms with E-state index in [-0.39, 0.29) is 30.0 Å². The van der Waals surface area contributed by atoms with Crippen molar-refractivity contribution in [2.24, 2.45) is 0 Å². The van der Waals surface area contributed by atoms with E-state index in [1.165, 1.54) is 0 Å². The Balaban J connectivity index is 0. The molecule has 0 saturated heterocycles. The summed E-state index contributed by atoms with van der Waals surface area (Å²) in [4.78, 5) is 21.2. The molecule has 0 unspecified atom stereocenters. The summed E-state index contributed by atoms with van der Waals surface area (Å²) in [6, 6.07) is 0. The molecule has 4 nitrogen and oxygen atoms in total. The van der Waals surface area contributed by atoms with E-state index in [1.54, 1.807) is 0 Å². The average Bonchev–Trinajstić information content (AvgIpc) is 2.42. The molecule has 0 aliphatic carbocycles. The van der Waals surface area contributed by atoms with E-state index < -0.39 is 6.16 Å². The fraction of sp³-hybridized carbons (Fsp3) is 0.933. The molecule has 5 heteroatoms. The predicted octanol–water partition coefficient (Wildman–Crippen LogP) is 4.63. The number of unbranched alkanes of at least 4 members (excludes halogenated alkanes) is 4. The van der Waals surface area contributed by atoms with Crippen molar-refractivity contribution < 1.29 is 19.3 Å². The van der Waals surface area contributed by atoms with E-state index in [1.807, 2.05) is 0 Å². The van der Waals surface area contributed by atoms with Gasteiger partial charge in [-0.3, -0.25) is 4.89 Å². The number of ether oxygens (including phenoxy) is 1. The summed E-state index contributed by atoms with van der Waals surface area (Å²) >= 11 is 0. The van der Waals surface area contributed by atoms with Gasteiger partial charge in [-0.2, -0.15) is 4.89 Å². The molecule has 0 aromatic heterocycles. The van der Waals surface area contributed by atoms with Gasteiger partial charge in [0.25, 0.3) is 0 Å². The van der Waals surface area contributed by atoms with Crippen LogP contribution in [0.3, 0.4) is 0 Å². The summed E-state index contributed by atoms with van der Waals surface area (Å²) in [6.07, 6.45) is 8.60. The quantitative estimate of drug-likeness (QED) is 0.160. The van der Waals surface area contributed by atoms with Crippen molar-refractivity contribution in [3.05, 3.63) is 0 Å². The maximum absolute atomic E-state index is 11.3. The molecule has 118 valence electrons.